The lowest BCUT2D eigenvalue weighted by Crippen LogP contribution is -2.26. The zero-order chi connectivity index (χ0) is 14.2. The summed E-state index contributed by atoms with van der Waals surface area (Å²) in [4.78, 5) is 11.2. The van der Waals surface area contributed by atoms with Gasteiger partial charge in [-0.1, -0.05) is 17.7 Å². The molecule has 3 nitrogen and oxygen atoms in total. The van der Waals surface area contributed by atoms with Gasteiger partial charge in [-0.25, -0.2) is 0 Å². The van der Waals surface area contributed by atoms with E-state index in [1.807, 2.05) is 6.07 Å². The fraction of sp³-hybridized carbons (Fsp3) is 0.267. The van der Waals surface area contributed by atoms with Crippen LogP contribution in [0.4, 0.5) is 0 Å². The largest absolute Gasteiger partial charge is 0.508 e. The molecule has 100 valence electrons. The van der Waals surface area contributed by atoms with Gasteiger partial charge in [-0.2, -0.15) is 0 Å². The van der Waals surface area contributed by atoms with Crippen molar-refractivity contribution < 1.29 is 15.0 Å². The SMILES string of the molecule is CC(C)(Cc1cc2cc(Cl)ccc2cc1O)C(=O)O. The molecule has 0 atom stereocenters. The minimum absolute atomic E-state index is 0.115. The molecule has 0 saturated carbocycles. The molecule has 2 aromatic rings. The zero-order valence-corrected chi connectivity index (χ0v) is 11.5. The number of phenolic OH excluding ortho intramolecular Hbond substituents is 1. The average molecular weight is 279 g/mol. The van der Waals surface area contributed by atoms with E-state index in [2.05, 4.69) is 0 Å². The molecule has 0 spiro atoms. The molecule has 19 heavy (non-hydrogen) atoms. The topological polar surface area (TPSA) is 57.5 Å². The maximum Gasteiger partial charge on any atom is 0.309 e. The third kappa shape index (κ3) is 2.82. The van der Waals surface area contributed by atoms with Crippen LogP contribution in [0.5, 0.6) is 5.75 Å². The number of carboxylic acids is 1. The monoisotopic (exact) mass is 278 g/mol. The van der Waals surface area contributed by atoms with E-state index in [0.29, 0.717) is 10.6 Å². The van der Waals surface area contributed by atoms with Gasteiger partial charge in [0.25, 0.3) is 0 Å². The zero-order valence-electron chi connectivity index (χ0n) is 10.8. The number of fused-ring (bicyclic) bond motifs is 1. The molecule has 0 unspecified atom stereocenters. The lowest BCUT2D eigenvalue weighted by Gasteiger charge is -2.20. The Kier molecular flexibility index (Phi) is 3.42. The van der Waals surface area contributed by atoms with E-state index < -0.39 is 11.4 Å². The highest BCUT2D eigenvalue weighted by molar-refractivity contribution is 6.31. The first kappa shape index (κ1) is 13.7. The van der Waals surface area contributed by atoms with Crippen LogP contribution in [0.15, 0.2) is 30.3 Å². The molecular weight excluding hydrogens is 264 g/mol. The summed E-state index contributed by atoms with van der Waals surface area (Å²) in [6.07, 6.45) is 0.261. The van der Waals surface area contributed by atoms with Crippen molar-refractivity contribution in [3.05, 3.63) is 40.9 Å². The molecule has 2 N–H and O–H groups in total. The van der Waals surface area contributed by atoms with Gasteiger partial charge in [-0.3, -0.25) is 4.79 Å². The number of aromatic hydroxyl groups is 1. The summed E-state index contributed by atoms with van der Waals surface area (Å²) in [5.74, 6) is -0.776. The summed E-state index contributed by atoms with van der Waals surface area (Å²) < 4.78 is 0. The summed E-state index contributed by atoms with van der Waals surface area (Å²) >= 11 is 5.94. The van der Waals surface area contributed by atoms with E-state index in [4.69, 9.17) is 16.7 Å². The summed E-state index contributed by atoms with van der Waals surface area (Å²) in [6.45, 7) is 3.27. The second kappa shape index (κ2) is 4.74. The van der Waals surface area contributed by atoms with Gasteiger partial charge < -0.3 is 10.2 Å². The van der Waals surface area contributed by atoms with Crippen LogP contribution in [0, 0.1) is 5.41 Å². The molecule has 0 radical (unpaired) electrons. The fourth-order valence-electron chi connectivity index (χ4n) is 2.00. The molecule has 2 aromatic carbocycles. The van der Waals surface area contributed by atoms with Crippen molar-refractivity contribution in [3.63, 3.8) is 0 Å². The van der Waals surface area contributed by atoms with E-state index in [-0.39, 0.29) is 12.2 Å². The summed E-state index contributed by atoms with van der Waals surface area (Å²) in [6, 6.07) is 8.81. The van der Waals surface area contributed by atoms with Crippen LogP contribution in [0.1, 0.15) is 19.4 Å². The van der Waals surface area contributed by atoms with Crippen molar-refractivity contribution in [2.45, 2.75) is 20.3 Å². The molecule has 0 saturated heterocycles. The first-order valence-corrected chi connectivity index (χ1v) is 6.32. The molecule has 0 bridgehead atoms. The maximum atomic E-state index is 11.2. The number of carbonyl (C=O) groups is 1. The Bertz CT molecular complexity index is 647. The van der Waals surface area contributed by atoms with Gasteiger partial charge in [-0.15, -0.1) is 0 Å². The summed E-state index contributed by atoms with van der Waals surface area (Å²) in [5, 5.41) is 21.5. The number of rotatable bonds is 3. The van der Waals surface area contributed by atoms with Gasteiger partial charge in [0.2, 0.25) is 0 Å². The van der Waals surface area contributed by atoms with Gasteiger partial charge in [0.05, 0.1) is 5.41 Å². The van der Waals surface area contributed by atoms with Crippen molar-refractivity contribution in [2.24, 2.45) is 5.41 Å². The van der Waals surface area contributed by atoms with Gasteiger partial charge in [0, 0.05) is 5.02 Å². The van der Waals surface area contributed by atoms with Crippen LogP contribution in [0.2, 0.25) is 5.02 Å². The smallest absolute Gasteiger partial charge is 0.309 e. The van der Waals surface area contributed by atoms with E-state index in [1.165, 1.54) is 0 Å². The van der Waals surface area contributed by atoms with E-state index >= 15 is 0 Å². The minimum atomic E-state index is -0.927. The van der Waals surface area contributed by atoms with Crippen LogP contribution < -0.4 is 0 Å². The van der Waals surface area contributed by atoms with Gasteiger partial charge in [-0.05, 0) is 60.9 Å². The van der Waals surface area contributed by atoms with Crippen molar-refractivity contribution in [1.82, 2.24) is 0 Å². The average Bonchev–Trinajstić information content (AvgIpc) is 2.30. The predicted molar refractivity (Wildman–Crippen MR) is 75.7 cm³/mol. The second-order valence-corrected chi connectivity index (χ2v) is 5.77. The molecule has 0 amide bonds. The minimum Gasteiger partial charge on any atom is -0.508 e. The fourth-order valence-corrected chi connectivity index (χ4v) is 2.18. The van der Waals surface area contributed by atoms with Gasteiger partial charge in [0.15, 0.2) is 0 Å². The van der Waals surface area contributed by atoms with Crippen molar-refractivity contribution in [3.8, 4) is 5.75 Å². The highest BCUT2D eigenvalue weighted by Crippen LogP contribution is 2.32. The summed E-state index contributed by atoms with van der Waals surface area (Å²) in [5.41, 5.74) is -0.314. The van der Waals surface area contributed by atoms with Crippen LogP contribution >= 0.6 is 11.6 Å². The number of phenols is 1. The van der Waals surface area contributed by atoms with Crippen LogP contribution in [-0.4, -0.2) is 16.2 Å². The number of carboxylic acid groups (broad SMARTS) is 1. The third-order valence-electron chi connectivity index (χ3n) is 3.21. The highest BCUT2D eigenvalue weighted by Gasteiger charge is 2.28. The van der Waals surface area contributed by atoms with Gasteiger partial charge >= 0.3 is 5.97 Å². The molecule has 2 rings (SSSR count). The van der Waals surface area contributed by atoms with Crippen molar-refractivity contribution in [1.29, 1.82) is 0 Å². The molecular formula is C15H15ClO3. The summed E-state index contributed by atoms with van der Waals surface area (Å²) in [7, 11) is 0. The van der Waals surface area contributed by atoms with Crippen LogP contribution in [0.3, 0.4) is 0 Å². The molecule has 0 aliphatic carbocycles. The Labute approximate surface area is 116 Å². The lowest BCUT2D eigenvalue weighted by atomic mass is 9.85. The first-order chi connectivity index (χ1) is 8.79. The van der Waals surface area contributed by atoms with E-state index in [0.717, 1.165) is 10.8 Å². The Morgan fingerprint density at radius 1 is 1.21 bits per heavy atom. The number of aliphatic carboxylic acids is 1. The Hall–Kier alpha value is -1.74. The van der Waals surface area contributed by atoms with Gasteiger partial charge in [0.1, 0.15) is 5.75 Å². The number of halogens is 1. The van der Waals surface area contributed by atoms with E-state index in [1.54, 1.807) is 38.1 Å². The maximum absolute atomic E-state index is 11.2. The van der Waals surface area contributed by atoms with Crippen LogP contribution in [0.25, 0.3) is 10.8 Å². The van der Waals surface area contributed by atoms with Crippen molar-refractivity contribution in [2.75, 3.05) is 0 Å². The lowest BCUT2D eigenvalue weighted by molar-refractivity contribution is -0.146. The Morgan fingerprint density at radius 2 is 1.89 bits per heavy atom. The standard InChI is InChI=1S/C15H15ClO3/c1-15(2,14(18)19)8-11-5-10-6-12(16)4-3-9(10)7-13(11)17/h3-7,17H,8H2,1-2H3,(H,18,19). The number of hydrogen-bond donors (Lipinski definition) is 2. The Morgan fingerprint density at radius 3 is 2.53 bits per heavy atom. The molecule has 0 aliphatic rings. The molecule has 0 heterocycles. The highest BCUT2D eigenvalue weighted by atomic mass is 35.5. The molecule has 4 heteroatoms. The quantitative estimate of drug-likeness (QED) is 0.896. The molecule has 0 aliphatic heterocycles. The second-order valence-electron chi connectivity index (χ2n) is 5.34. The first-order valence-electron chi connectivity index (χ1n) is 5.94. The van der Waals surface area contributed by atoms with Crippen LogP contribution in [-0.2, 0) is 11.2 Å². The van der Waals surface area contributed by atoms with E-state index in [9.17, 15) is 9.90 Å². The number of hydrogen-bond acceptors (Lipinski definition) is 2. The third-order valence-corrected chi connectivity index (χ3v) is 3.45. The molecule has 0 aromatic heterocycles. The predicted octanol–water partition coefficient (Wildman–Crippen LogP) is 3.85. The van der Waals surface area contributed by atoms with Crippen molar-refractivity contribution >= 4 is 28.3 Å². The molecule has 0 fully saturated rings. The Balaban J connectivity index is 2.49. The number of benzene rings is 2. The normalized spacial score (nSPS) is 11.7.